The van der Waals surface area contributed by atoms with Gasteiger partial charge in [-0.2, -0.15) is 0 Å². The second-order valence-corrected chi connectivity index (χ2v) is 10.6. The first kappa shape index (κ1) is 26.9. The van der Waals surface area contributed by atoms with Crippen molar-refractivity contribution in [3.63, 3.8) is 0 Å². The van der Waals surface area contributed by atoms with Gasteiger partial charge in [0.05, 0.1) is 17.1 Å². The van der Waals surface area contributed by atoms with Crippen LogP contribution < -0.4 is 15.2 Å². The highest BCUT2D eigenvalue weighted by atomic mass is 16.5. The Morgan fingerprint density at radius 2 is 1.39 bits per heavy atom. The zero-order valence-electron chi connectivity index (χ0n) is 23.0. The molecule has 4 aromatic carbocycles. The minimum atomic E-state index is -0.676. The van der Waals surface area contributed by atoms with Gasteiger partial charge in [0.15, 0.2) is 11.5 Å². The highest BCUT2D eigenvalue weighted by molar-refractivity contribution is 5.75. The maximum Gasteiger partial charge on any atom is 0.326 e. The Kier molecular flexibility index (Phi) is 8.16. The quantitative estimate of drug-likeness (QED) is 0.228. The van der Waals surface area contributed by atoms with Crippen LogP contribution in [0.5, 0.6) is 11.5 Å². The zero-order valence-corrected chi connectivity index (χ0v) is 23.0. The van der Waals surface area contributed by atoms with E-state index in [1.165, 1.54) is 0 Å². The number of β-amino-alcohol motifs (C(OH)–C–C–N with tert-alkyl or cyclic N) is 1. The number of nitrogens with zero attached hydrogens (tertiary/aromatic N) is 2. The molecular formula is C34H35N3O4. The van der Waals surface area contributed by atoms with Crippen molar-refractivity contribution in [2.24, 2.45) is 0 Å². The summed E-state index contributed by atoms with van der Waals surface area (Å²) in [7, 11) is 0. The van der Waals surface area contributed by atoms with Gasteiger partial charge >= 0.3 is 5.69 Å². The van der Waals surface area contributed by atoms with E-state index in [4.69, 9.17) is 9.47 Å². The standard InChI is InChI=1S/C34H35N3O4/c38-31(22-36-19-17-28(18-20-36)37-30-14-8-7-13-29(30)35-34(37)39)27-15-16-32(40-23-25-9-3-1-4-10-25)33(21-27)41-24-26-11-5-2-6-12-26/h1-16,21,28,31,38H,17-20,22-24H2,(H,35,39). The number of aromatic amines is 1. The number of nitrogens with one attached hydrogen (secondary N) is 1. The molecule has 5 aromatic rings. The molecule has 0 aliphatic carbocycles. The molecule has 2 heterocycles. The number of rotatable bonds is 10. The lowest BCUT2D eigenvalue weighted by molar-refractivity contribution is 0.0904. The molecule has 0 radical (unpaired) electrons. The van der Waals surface area contributed by atoms with E-state index in [9.17, 15) is 9.90 Å². The Balaban J connectivity index is 1.12. The molecule has 0 amide bonds. The molecule has 41 heavy (non-hydrogen) atoms. The van der Waals surface area contributed by atoms with E-state index in [0.717, 1.165) is 53.7 Å². The number of imidazole rings is 1. The summed E-state index contributed by atoms with van der Waals surface area (Å²) >= 11 is 0. The summed E-state index contributed by atoms with van der Waals surface area (Å²) in [6, 6.07) is 33.7. The fourth-order valence-corrected chi connectivity index (χ4v) is 5.58. The number of para-hydroxylation sites is 2. The molecule has 2 N–H and O–H groups in total. The van der Waals surface area contributed by atoms with Crippen molar-refractivity contribution >= 4 is 11.0 Å². The van der Waals surface area contributed by atoms with Gasteiger partial charge in [-0.15, -0.1) is 0 Å². The van der Waals surface area contributed by atoms with Crippen LogP contribution in [0, 0.1) is 0 Å². The summed E-state index contributed by atoms with van der Waals surface area (Å²) in [5.74, 6) is 1.25. The van der Waals surface area contributed by atoms with Crippen molar-refractivity contribution in [2.45, 2.75) is 38.2 Å². The third-order valence-corrected chi connectivity index (χ3v) is 7.80. The Morgan fingerprint density at radius 3 is 2.07 bits per heavy atom. The van der Waals surface area contributed by atoms with Crippen LogP contribution in [0.25, 0.3) is 11.0 Å². The molecule has 1 fully saturated rings. The van der Waals surface area contributed by atoms with Crippen molar-refractivity contribution in [3.8, 4) is 11.5 Å². The molecule has 1 aliphatic rings. The van der Waals surface area contributed by atoms with E-state index >= 15 is 0 Å². The first-order valence-electron chi connectivity index (χ1n) is 14.2. The summed E-state index contributed by atoms with van der Waals surface area (Å²) in [6.07, 6.45) is 1.03. The van der Waals surface area contributed by atoms with Crippen LogP contribution in [0.4, 0.5) is 0 Å². The lowest BCUT2D eigenvalue weighted by Gasteiger charge is -2.33. The van der Waals surface area contributed by atoms with Crippen molar-refractivity contribution in [2.75, 3.05) is 19.6 Å². The smallest absolute Gasteiger partial charge is 0.326 e. The van der Waals surface area contributed by atoms with Gasteiger partial charge in [-0.3, -0.25) is 4.57 Å². The van der Waals surface area contributed by atoms with Crippen LogP contribution in [-0.4, -0.2) is 39.2 Å². The van der Waals surface area contributed by atoms with E-state index in [1.54, 1.807) is 0 Å². The highest BCUT2D eigenvalue weighted by Gasteiger charge is 2.25. The Morgan fingerprint density at radius 1 is 0.780 bits per heavy atom. The van der Waals surface area contributed by atoms with Crippen LogP contribution >= 0.6 is 0 Å². The third kappa shape index (κ3) is 6.37. The summed E-state index contributed by atoms with van der Waals surface area (Å²) in [6.45, 7) is 2.96. The molecule has 7 heteroatoms. The van der Waals surface area contributed by atoms with Crippen LogP contribution in [0.1, 0.15) is 41.7 Å². The van der Waals surface area contributed by atoms with Gasteiger partial charge in [0, 0.05) is 25.7 Å². The number of likely N-dealkylation sites (tertiary alicyclic amines) is 1. The lowest BCUT2D eigenvalue weighted by Crippen LogP contribution is -2.39. The first-order valence-corrected chi connectivity index (χ1v) is 14.2. The number of aliphatic hydroxyl groups excluding tert-OH is 1. The van der Waals surface area contributed by atoms with E-state index in [2.05, 4.69) is 9.88 Å². The SMILES string of the molecule is O=c1[nH]c2ccccc2n1C1CCN(CC(O)c2ccc(OCc3ccccc3)c(OCc3ccccc3)c2)CC1. The van der Waals surface area contributed by atoms with E-state index in [1.807, 2.05) is 108 Å². The molecule has 7 nitrogen and oxygen atoms in total. The van der Waals surface area contributed by atoms with Crippen molar-refractivity contribution in [1.82, 2.24) is 14.5 Å². The highest BCUT2D eigenvalue weighted by Crippen LogP contribution is 2.33. The number of aromatic nitrogens is 2. The molecule has 6 rings (SSSR count). The number of piperidine rings is 1. The number of ether oxygens (including phenoxy) is 2. The molecule has 0 saturated carbocycles. The van der Waals surface area contributed by atoms with Gasteiger partial charge in [-0.1, -0.05) is 78.9 Å². The lowest BCUT2D eigenvalue weighted by atomic mass is 10.0. The molecule has 1 aromatic heterocycles. The van der Waals surface area contributed by atoms with Gasteiger partial charge in [0.1, 0.15) is 13.2 Å². The predicted octanol–water partition coefficient (Wildman–Crippen LogP) is 5.86. The number of benzene rings is 4. The minimum absolute atomic E-state index is 0.0534. The molecule has 1 unspecified atom stereocenters. The van der Waals surface area contributed by atoms with Crippen LogP contribution in [0.2, 0.25) is 0 Å². The Hall–Kier alpha value is -4.33. The van der Waals surface area contributed by atoms with Crippen molar-refractivity contribution < 1.29 is 14.6 Å². The van der Waals surface area contributed by atoms with E-state index < -0.39 is 6.10 Å². The summed E-state index contributed by atoms with van der Waals surface area (Å²) in [5, 5.41) is 11.2. The number of hydrogen-bond acceptors (Lipinski definition) is 5. The maximum atomic E-state index is 12.6. The van der Waals surface area contributed by atoms with Crippen LogP contribution in [0.3, 0.4) is 0 Å². The number of hydrogen-bond donors (Lipinski definition) is 2. The Labute approximate surface area is 239 Å². The minimum Gasteiger partial charge on any atom is -0.485 e. The third-order valence-electron chi connectivity index (χ3n) is 7.80. The average molecular weight is 550 g/mol. The molecule has 1 aliphatic heterocycles. The van der Waals surface area contributed by atoms with Crippen LogP contribution in [0.15, 0.2) is 108 Å². The zero-order chi connectivity index (χ0) is 28.0. The molecular weight excluding hydrogens is 514 g/mol. The average Bonchev–Trinajstić information content (AvgIpc) is 3.36. The van der Waals surface area contributed by atoms with E-state index in [-0.39, 0.29) is 11.7 Å². The first-order chi connectivity index (χ1) is 20.1. The second kappa shape index (κ2) is 12.5. The van der Waals surface area contributed by atoms with Gasteiger partial charge < -0.3 is 24.5 Å². The fraction of sp³-hybridized carbons (Fsp3) is 0.265. The maximum absolute atomic E-state index is 12.6. The topological polar surface area (TPSA) is 79.7 Å². The Bertz CT molecular complexity index is 1620. The van der Waals surface area contributed by atoms with Gasteiger partial charge in [0.25, 0.3) is 0 Å². The molecule has 210 valence electrons. The molecule has 1 saturated heterocycles. The second-order valence-electron chi connectivity index (χ2n) is 10.6. The fourth-order valence-electron chi connectivity index (χ4n) is 5.58. The number of H-pyrrole nitrogens is 1. The van der Waals surface area contributed by atoms with Crippen molar-refractivity contribution in [3.05, 3.63) is 130 Å². The summed E-state index contributed by atoms with van der Waals surface area (Å²) in [4.78, 5) is 17.9. The van der Waals surface area contributed by atoms with Gasteiger partial charge in [0.2, 0.25) is 0 Å². The monoisotopic (exact) mass is 549 g/mol. The summed E-state index contributed by atoms with van der Waals surface area (Å²) < 4.78 is 14.2. The van der Waals surface area contributed by atoms with Crippen molar-refractivity contribution in [1.29, 1.82) is 0 Å². The molecule has 1 atom stereocenters. The van der Waals surface area contributed by atoms with E-state index in [0.29, 0.717) is 31.3 Å². The number of aliphatic hydroxyl groups is 1. The van der Waals surface area contributed by atoms with Crippen LogP contribution in [-0.2, 0) is 13.2 Å². The normalized spacial score (nSPS) is 15.1. The van der Waals surface area contributed by atoms with Gasteiger partial charge in [-0.25, -0.2) is 4.79 Å². The predicted molar refractivity (Wildman–Crippen MR) is 160 cm³/mol. The largest absolute Gasteiger partial charge is 0.485 e. The van der Waals surface area contributed by atoms with Gasteiger partial charge in [-0.05, 0) is 53.8 Å². The number of fused-ring (bicyclic) bond motifs is 1. The molecule has 0 bridgehead atoms. The molecule has 0 spiro atoms. The summed E-state index contributed by atoms with van der Waals surface area (Å²) in [5.41, 5.74) is 4.69.